The molecule has 2 aromatic carbocycles. The Hall–Kier alpha value is -1.31. The Balaban J connectivity index is 1.80. The molecule has 0 bridgehead atoms. The molecule has 3 rings (SSSR count). The van der Waals surface area contributed by atoms with Crippen LogP contribution in [0.25, 0.3) is 0 Å². The molecule has 98 valence electrons. The highest BCUT2D eigenvalue weighted by Gasteiger charge is 2.15. The van der Waals surface area contributed by atoms with E-state index in [9.17, 15) is 5.11 Å². The number of benzene rings is 2. The summed E-state index contributed by atoms with van der Waals surface area (Å²) in [6.07, 6.45) is 3.71. The van der Waals surface area contributed by atoms with E-state index in [-0.39, 0.29) is 0 Å². The molecule has 1 nitrogen and oxygen atoms in total. The average molecular weight is 273 g/mol. The zero-order valence-corrected chi connectivity index (χ0v) is 11.5. The first kappa shape index (κ1) is 12.7. The molecule has 19 heavy (non-hydrogen) atoms. The Morgan fingerprint density at radius 1 is 1.05 bits per heavy atom. The lowest BCUT2D eigenvalue weighted by atomic mass is 9.98. The first-order chi connectivity index (χ1) is 9.24. The fourth-order valence-corrected chi connectivity index (χ4v) is 3.09. The van der Waals surface area contributed by atoms with Gasteiger partial charge in [-0.1, -0.05) is 48.0 Å². The van der Waals surface area contributed by atoms with E-state index in [1.54, 1.807) is 0 Å². The van der Waals surface area contributed by atoms with Crippen LogP contribution in [0, 0.1) is 0 Å². The molecule has 0 amide bonds. The van der Waals surface area contributed by atoms with Crippen LogP contribution in [0.3, 0.4) is 0 Å². The van der Waals surface area contributed by atoms with Crippen molar-refractivity contribution in [2.24, 2.45) is 0 Å². The Labute approximate surface area is 118 Å². The van der Waals surface area contributed by atoms with Crippen molar-refractivity contribution in [3.05, 3.63) is 69.7 Å². The van der Waals surface area contributed by atoms with E-state index in [2.05, 4.69) is 18.2 Å². The van der Waals surface area contributed by atoms with E-state index in [1.165, 1.54) is 36.0 Å². The molecule has 1 N–H and O–H groups in total. The molecule has 1 aliphatic carbocycles. The lowest BCUT2D eigenvalue weighted by molar-refractivity contribution is 0.178. The lowest BCUT2D eigenvalue weighted by Gasteiger charge is -2.13. The van der Waals surface area contributed by atoms with Crippen molar-refractivity contribution >= 4 is 11.6 Å². The van der Waals surface area contributed by atoms with Gasteiger partial charge in [-0.2, -0.15) is 0 Å². The largest absolute Gasteiger partial charge is 0.388 e. The van der Waals surface area contributed by atoms with Gasteiger partial charge in [0.15, 0.2) is 0 Å². The van der Waals surface area contributed by atoms with Gasteiger partial charge < -0.3 is 5.11 Å². The van der Waals surface area contributed by atoms with Crippen LogP contribution in [0.15, 0.2) is 42.5 Å². The summed E-state index contributed by atoms with van der Waals surface area (Å²) in [6.45, 7) is 0. The highest BCUT2D eigenvalue weighted by molar-refractivity contribution is 6.31. The fraction of sp³-hybridized carbons (Fsp3) is 0.294. The summed E-state index contributed by atoms with van der Waals surface area (Å²) in [7, 11) is 0. The molecule has 2 heteroatoms. The zero-order chi connectivity index (χ0) is 13.2. The second kappa shape index (κ2) is 5.36. The summed E-state index contributed by atoms with van der Waals surface area (Å²) in [4.78, 5) is 0. The van der Waals surface area contributed by atoms with Crippen molar-refractivity contribution in [2.45, 2.75) is 31.8 Å². The van der Waals surface area contributed by atoms with Gasteiger partial charge in [0.1, 0.15) is 0 Å². The molecule has 0 radical (unpaired) electrons. The van der Waals surface area contributed by atoms with Crippen LogP contribution in [0.5, 0.6) is 0 Å². The molecule has 0 aromatic heterocycles. The summed E-state index contributed by atoms with van der Waals surface area (Å²) in [5.74, 6) is 0. The third kappa shape index (κ3) is 2.68. The van der Waals surface area contributed by atoms with Gasteiger partial charge in [0.05, 0.1) is 6.10 Å². The maximum Gasteiger partial charge on any atom is 0.0844 e. The Morgan fingerprint density at radius 2 is 1.84 bits per heavy atom. The molecule has 2 aromatic rings. The quantitative estimate of drug-likeness (QED) is 0.892. The van der Waals surface area contributed by atoms with Gasteiger partial charge in [-0.15, -0.1) is 0 Å². The maximum atomic E-state index is 10.3. The van der Waals surface area contributed by atoms with Crippen molar-refractivity contribution < 1.29 is 5.11 Å². The van der Waals surface area contributed by atoms with E-state index >= 15 is 0 Å². The molecule has 0 spiro atoms. The molecule has 1 unspecified atom stereocenters. The normalized spacial score (nSPS) is 15.3. The van der Waals surface area contributed by atoms with Gasteiger partial charge in [0, 0.05) is 11.4 Å². The summed E-state index contributed by atoms with van der Waals surface area (Å²) < 4.78 is 0. The third-order valence-corrected chi connectivity index (χ3v) is 4.20. The highest BCUT2D eigenvalue weighted by Crippen LogP contribution is 2.28. The van der Waals surface area contributed by atoms with E-state index in [0.717, 1.165) is 5.56 Å². The highest BCUT2D eigenvalue weighted by atomic mass is 35.5. The van der Waals surface area contributed by atoms with E-state index in [0.29, 0.717) is 11.4 Å². The molecular formula is C17H17ClO. The first-order valence-electron chi connectivity index (χ1n) is 6.77. The van der Waals surface area contributed by atoms with Crippen molar-refractivity contribution in [1.29, 1.82) is 0 Å². The third-order valence-electron chi connectivity index (χ3n) is 3.86. The summed E-state index contributed by atoms with van der Waals surface area (Å²) >= 11 is 6.12. The first-order valence-corrected chi connectivity index (χ1v) is 7.15. The van der Waals surface area contributed by atoms with Crippen molar-refractivity contribution in [1.82, 2.24) is 0 Å². The van der Waals surface area contributed by atoms with Crippen LogP contribution < -0.4 is 0 Å². The molecule has 1 aliphatic rings. The SMILES string of the molecule is OC(Cc1ccc2c(c1)CCC2)c1ccccc1Cl. The fourth-order valence-electron chi connectivity index (χ4n) is 2.83. The van der Waals surface area contributed by atoms with Crippen molar-refractivity contribution in [2.75, 3.05) is 0 Å². The number of fused-ring (bicyclic) bond motifs is 1. The zero-order valence-electron chi connectivity index (χ0n) is 10.8. The summed E-state index contributed by atoms with van der Waals surface area (Å²) in [5.41, 5.74) is 4.91. The van der Waals surface area contributed by atoms with Gasteiger partial charge >= 0.3 is 0 Å². The molecule has 0 heterocycles. The summed E-state index contributed by atoms with van der Waals surface area (Å²) in [6, 6.07) is 14.1. The second-order valence-corrected chi connectivity index (χ2v) is 5.61. The van der Waals surface area contributed by atoms with E-state index < -0.39 is 6.10 Å². The lowest BCUT2D eigenvalue weighted by Crippen LogP contribution is -2.03. The van der Waals surface area contributed by atoms with Gasteiger partial charge in [-0.25, -0.2) is 0 Å². The Morgan fingerprint density at radius 3 is 2.68 bits per heavy atom. The summed E-state index contributed by atoms with van der Waals surface area (Å²) in [5, 5.41) is 11.0. The smallest absolute Gasteiger partial charge is 0.0844 e. The number of hydrogen-bond donors (Lipinski definition) is 1. The standard InChI is InChI=1S/C17H17ClO/c18-16-7-2-1-6-15(16)17(19)11-12-8-9-13-4-3-5-14(13)10-12/h1-2,6-10,17,19H,3-5,11H2. The van der Waals surface area contributed by atoms with E-state index in [4.69, 9.17) is 11.6 Å². The monoisotopic (exact) mass is 272 g/mol. The topological polar surface area (TPSA) is 20.2 Å². The molecule has 0 fully saturated rings. The maximum absolute atomic E-state index is 10.3. The molecule has 0 saturated heterocycles. The van der Waals surface area contributed by atoms with Crippen LogP contribution in [0.4, 0.5) is 0 Å². The van der Waals surface area contributed by atoms with Gasteiger partial charge in [-0.3, -0.25) is 0 Å². The minimum atomic E-state index is -0.534. The predicted octanol–water partition coefficient (Wildman–Crippen LogP) is 4.10. The number of aryl methyl sites for hydroxylation is 2. The number of aliphatic hydroxyl groups excluding tert-OH is 1. The van der Waals surface area contributed by atoms with Gasteiger partial charge in [-0.05, 0) is 47.6 Å². The van der Waals surface area contributed by atoms with Crippen LogP contribution in [0.1, 0.15) is 34.8 Å². The van der Waals surface area contributed by atoms with Gasteiger partial charge in [0.25, 0.3) is 0 Å². The number of aliphatic hydroxyl groups is 1. The minimum Gasteiger partial charge on any atom is -0.388 e. The Kier molecular flexibility index (Phi) is 3.58. The molecule has 1 atom stereocenters. The van der Waals surface area contributed by atoms with Crippen molar-refractivity contribution in [3.8, 4) is 0 Å². The van der Waals surface area contributed by atoms with Crippen molar-refractivity contribution in [3.63, 3.8) is 0 Å². The molecule has 0 aliphatic heterocycles. The second-order valence-electron chi connectivity index (χ2n) is 5.20. The molecule has 0 saturated carbocycles. The van der Waals surface area contributed by atoms with Crippen LogP contribution in [-0.4, -0.2) is 5.11 Å². The number of hydrogen-bond acceptors (Lipinski definition) is 1. The van der Waals surface area contributed by atoms with Crippen LogP contribution in [-0.2, 0) is 19.3 Å². The average Bonchev–Trinajstić information content (AvgIpc) is 2.86. The minimum absolute atomic E-state index is 0.534. The van der Waals surface area contributed by atoms with Crippen LogP contribution >= 0.6 is 11.6 Å². The van der Waals surface area contributed by atoms with Crippen LogP contribution in [0.2, 0.25) is 5.02 Å². The van der Waals surface area contributed by atoms with E-state index in [1.807, 2.05) is 24.3 Å². The molecular weight excluding hydrogens is 256 g/mol. The Bertz CT molecular complexity index is 592. The van der Waals surface area contributed by atoms with Gasteiger partial charge in [0.2, 0.25) is 0 Å². The predicted molar refractivity (Wildman–Crippen MR) is 78.6 cm³/mol. The number of rotatable bonds is 3. The number of halogens is 1.